The first kappa shape index (κ1) is 21.8. The van der Waals surface area contributed by atoms with E-state index in [0.717, 1.165) is 18.4 Å². The number of benzene rings is 2. The van der Waals surface area contributed by atoms with Gasteiger partial charge in [0.25, 0.3) is 5.91 Å². The zero-order valence-electron chi connectivity index (χ0n) is 18.5. The van der Waals surface area contributed by atoms with Crippen LogP contribution in [0, 0.1) is 6.92 Å². The lowest BCUT2D eigenvalue weighted by Crippen LogP contribution is -2.39. The fourth-order valence-electron chi connectivity index (χ4n) is 4.64. The highest BCUT2D eigenvalue weighted by molar-refractivity contribution is 7.89. The van der Waals surface area contributed by atoms with Crippen molar-refractivity contribution in [3.63, 3.8) is 0 Å². The van der Waals surface area contributed by atoms with Gasteiger partial charge in [0.1, 0.15) is 0 Å². The molecule has 2 aromatic carbocycles. The molecule has 1 fully saturated rings. The standard InChI is InChI=1S/C24H26N4O4S/c1-17-25-23(32-26-17)21-9-5-12-27(15-21)24(29)19-8-4-10-22(14-19)33(30,31)28-13-11-18-6-2-3-7-20(18)16-28/h2-4,6-8,10,14,21H,5,9,11-13,15-16H2,1H3. The van der Waals surface area contributed by atoms with Crippen LogP contribution in [0.5, 0.6) is 0 Å². The monoisotopic (exact) mass is 466 g/mol. The highest BCUT2D eigenvalue weighted by Crippen LogP contribution is 2.28. The number of rotatable bonds is 4. The highest BCUT2D eigenvalue weighted by atomic mass is 32.2. The van der Waals surface area contributed by atoms with Crippen LogP contribution in [0.1, 0.15) is 52.0 Å². The number of amides is 1. The zero-order valence-corrected chi connectivity index (χ0v) is 19.3. The molecule has 2 aliphatic heterocycles. The Hall–Kier alpha value is -3.04. The van der Waals surface area contributed by atoms with Crippen molar-refractivity contribution in [3.05, 3.63) is 76.9 Å². The molecular weight excluding hydrogens is 440 g/mol. The second-order valence-corrected chi connectivity index (χ2v) is 10.6. The lowest BCUT2D eigenvalue weighted by atomic mass is 9.97. The number of aryl methyl sites for hydroxylation is 1. The van der Waals surface area contributed by atoms with E-state index >= 15 is 0 Å². The second kappa shape index (κ2) is 8.72. The average molecular weight is 467 g/mol. The molecule has 0 spiro atoms. The van der Waals surface area contributed by atoms with Crippen LogP contribution in [0.25, 0.3) is 0 Å². The van der Waals surface area contributed by atoms with Gasteiger partial charge in [-0.25, -0.2) is 8.42 Å². The van der Waals surface area contributed by atoms with Gasteiger partial charge in [-0.1, -0.05) is 35.5 Å². The quantitative estimate of drug-likeness (QED) is 0.586. The first-order valence-corrected chi connectivity index (χ1v) is 12.6. The summed E-state index contributed by atoms with van der Waals surface area (Å²) in [4.78, 5) is 19.5. The van der Waals surface area contributed by atoms with Crippen LogP contribution in [-0.2, 0) is 23.0 Å². The normalized spacial score (nSPS) is 19.3. The lowest BCUT2D eigenvalue weighted by Gasteiger charge is -2.31. The van der Waals surface area contributed by atoms with Crippen molar-refractivity contribution in [3.8, 4) is 0 Å². The number of nitrogens with zero attached hydrogens (tertiary/aromatic N) is 4. The Balaban J connectivity index is 1.35. The number of carbonyl (C=O) groups excluding carboxylic acids is 1. The molecular formula is C24H26N4O4S. The number of aromatic nitrogens is 2. The third-order valence-electron chi connectivity index (χ3n) is 6.42. The maximum atomic E-state index is 13.4. The van der Waals surface area contributed by atoms with Crippen molar-refractivity contribution < 1.29 is 17.7 Å². The van der Waals surface area contributed by atoms with Crippen LogP contribution in [0.3, 0.4) is 0 Å². The first-order chi connectivity index (χ1) is 15.9. The summed E-state index contributed by atoms with van der Waals surface area (Å²) in [6.07, 6.45) is 2.37. The van der Waals surface area contributed by atoms with E-state index in [0.29, 0.717) is 49.9 Å². The second-order valence-electron chi connectivity index (χ2n) is 8.66. The van der Waals surface area contributed by atoms with Gasteiger partial charge >= 0.3 is 0 Å². The molecule has 0 bridgehead atoms. The fourth-order valence-corrected chi connectivity index (χ4v) is 6.10. The summed E-state index contributed by atoms with van der Waals surface area (Å²) in [6, 6.07) is 14.3. The lowest BCUT2D eigenvalue weighted by molar-refractivity contribution is 0.0695. The minimum Gasteiger partial charge on any atom is -0.339 e. The first-order valence-electron chi connectivity index (χ1n) is 11.2. The Labute approximate surface area is 193 Å². The maximum absolute atomic E-state index is 13.4. The Bertz CT molecular complexity index is 1290. The van der Waals surface area contributed by atoms with Crippen molar-refractivity contribution >= 4 is 15.9 Å². The molecule has 0 aliphatic carbocycles. The molecule has 0 N–H and O–H groups in total. The molecule has 33 heavy (non-hydrogen) atoms. The van der Waals surface area contributed by atoms with Crippen molar-refractivity contribution in [2.45, 2.75) is 43.5 Å². The molecule has 0 saturated carbocycles. The molecule has 3 aromatic rings. The Morgan fingerprint density at radius 2 is 1.91 bits per heavy atom. The van der Waals surface area contributed by atoms with E-state index in [9.17, 15) is 13.2 Å². The van der Waals surface area contributed by atoms with E-state index in [-0.39, 0.29) is 16.7 Å². The number of hydrogen-bond donors (Lipinski definition) is 0. The molecule has 9 heteroatoms. The van der Waals surface area contributed by atoms with Crippen molar-refractivity contribution in [1.82, 2.24) is 19.3 Å². The molecule has 1 unspecified atom stereocenters. The molecule has 1 amide bonds. The predicted molar refractivity (Wildman–Crippen MR) is 121 cm³/mol. The van der Waals surface area contributed by atoms with Gasteiger partial charge in [-0.05, 0) is 55.5 Å². The number of sulfonamides is 1. The van der Waals surface area contributed by atoms with Gasteiger partial charge in [-0.15, -0.1) is 0 Å². The molecule has 1 saturated heterocycles. The third-order valence-corrected chi connectivity index (χ3v) is 8.26. The predicted octanol–water partition coefficient (Wildman–Crippen LogP) is 3.14. The van der Waals surface area contributed by atoms with Gasteiger partial charge < -0.3 is 9.42 Å². The molecule has 1 atom stereocenters. The Morgan fingerprint density at radius 3 is 2.70 bits per heavy atom. The summed E-state index contributed by atoms with van der Waals surface area (Å²) in [5.41, 5.74) is 2.58. The third kappa shape index (κ3) is 4.30. The van der Waals surface area contributed by atoms with Crippen LogP contribution in [-0.4, -0.2) is 53.3 Å². The van der Waals surface area contributed by atoms with E-state index in [1.165, 1.54) is 15.9 Å². The Kier molecular flexibility index (Phi) is 5.76. The zero-order chi connectivity index (χ0) is 23.0. The molecule has 3 heterocycles. The maximum Gasteiger partial charge on any atom is 0.253 e. The van der Waals surface area contributed by atoms with Crippen molar-refractivity contribution in [1.29, 1.82) is 0 Å². The van der Waals surface area contributed by atoms with Crippen LogP contribution >= 0.6 is 0 Å². The van der Waals surface area contributed by atoms with Gasteiger partial charge in [0, 0.05) is 31.7 Å². The SMILES string of the molecule is Cc1noc(C2CCCN(C(=O)c3cccc(S(=O)(=O)N4CCc5ccccc5C4)c3)C2)n1. The molecule has 2 aliphatic rings. The van der Waals surface area contributed by atoms with Gasteiger partial charge in [0.2, 0.25) is 15.9 Å². The van der Waals surface area contributed by atoms with Crippen molar-refractivity contribution in [2.75, 3.05) is 19.6 Å². The minimum absolute atomic E-state index is 0.00997. The number of fused-ring (bicyclic) bond motifs is 1. The van der Waals surface area contributed by atoms with E-state index in [1.807, 2.05) is 24.3 Å². The van der Waals surface area contributed by atoms with E-state index in [1.54, 1.807) is 30.0 Å². The molecule has 1 aromatic heterocycles. The summed E-state index contributed by atoms with van der Waals surface area (Å²) in [5, 5.41) is 3.86. The fraction of sp³-hybridized carbons (Fsp3) is 0.375. The summed E-state index contributed by atoms with van der Waals surface area (Å²) in [7, 11) is -3.71. The average Bonchev–Trinajstić information content (AvgIpc) is 3.29. The summed E-state index contributed by atoms with van der Waals surface area (Å²) >= 11 is 0. The summed E-state index contributed by atoms with van der Waals surface area (Å²) in [5.74, 6) is 0.930. The van der Waals surface area contributed by atoms with Gasteiger partial charge in [-0.3, -0.25) is 4.79 Å². The molecule has 0 radical (unpaired) electrons. The van der Waals surface area contributed by atoms with Gasteiger partial charge in [0.15, 0.2) is 5.82 Å². The highest BCUT2D eigenvalue weighted by Gasteiger charge is 2.31. The van der Waals surface area contributed by atoms with Gasteiger partial charge in [0.05, 0.1) is 10.8 Å². The smallest absolute Gasteiger partial charge is 0.253 e. The summed E-state index contributed by atoms with van der Waals surface area (Å²) < 4.78 is 33.5. The molecule has 172 valence electrons. The number of carbonyl (C=O) groups is 1. The number of hydrogen-bond acceptors (Lipinski definition) is 6. The summed E-state index contributed by atoms with van der Waals surface area (Å²) in [6.45, 7) is 3.62. The van der Waals surface area contributed by atoms with E-state index in [4.69, 9.17) is 4.52 Å². The van der Waals surface area contributed by atoms with E-state index < -0.39 is 10.0 Å². The molecule has 5 rings (SSSR count). The topological polar surface area (TPSA) is 96.6 Å². The molecule has 8 nitrogen and oxygen atoms in total. The minimum atomic E-state index is -3.71. The van der Waals surface area contributed by atoms with Crippen molar-refractivity contribution in [2.24, 2.45) is 0 Å². The number of likely N-dealkylation sites (tertiary alicyclic amines) is 1. The number of piperidine rings is 1. The van der Waals surface area contributed by atoms with Crippen LogP contribution < -0.4 is 0 Å². The Morgan fingerprint density at radius 1 is 1.09 bits per heavy atom. The van der Waals surface area contributed by atoms with Crippen LogP contribution in [0.4, 0.5) is 0 Å². The van der Waals surface area contributed by atoms with Crippen LogP contribution in [0.2, 0.25) is 0 Å². The van der Waals surface area contributed by atoms with E-state index in [2.05, 4.69) is 10.1 Å². The van der Waals surface area contributed by atoms with Crippen LogP contribution in [0.15, 0.2) is 57.9 Å². The largest absolute Gasteiger partial charge is 0.339 e. The van der Waals surface area contributed by atoms with Gasteiger partial charge in [-0.2, -0.15) is 9.29 Å².